The third-order valence-electron chi connectivity index (χ3n) is 3.20. The number of halogens is 4. The highest BCUT2D eigenvalue weighted by Gasteiger charge is 2.37. The van der Waals surface area contributed by atoms with Crippen molar-refractivity contribution in [2.24, 2.45) is 0 Å². The summed E-state index contributed by atoms with van der Waals surface area (Å²) in [4.78, 5) is 3.41. The molecule has 4 nitrogen and oxygen atoms in total. The van der Waals surface area contributed by atoms with Gasteiger partial charge in [0.25, 0.3) is 0 Å². The number of alkyl halides is 3. The van der Waals surface area contributed by atoms with Crippen LogP contribution in [0.4, 0.5) is 29.1 Å². The lowest BCUT2D eigenvalue weighted by Crippen LogP contribution is -2.10. The average Bonchev–Trinajstić information content (AvgIpc) is 2.73. The maximum atomic E-state index is 13.2. The molecule has 3 aromatic rings. The minimum atomic E-state index is -4.71. The number of hydrogen-bond donors (Lipinski definition) is 2. The van der Waals surface area contributed by atoms with E-state index < -0.39 is 17.7 Å². The third-order valence-corrected chi connectivity index (χ3v) is 3.20. The molecule has 0 atom stereocenters. The topological polar surface area (TPSA) is 78.1 Å². The van der Waals surface area contributed by atoms with E-state index in [1.165, 1.54) is 12.1 Å². The molecule has 2 aromatic heterocycles. The van der Waals surface area contributed by atoms with Crippen LogP contribution >= 0.6 is 0 Å². The van der Waals surface area contributed by atoms with Crippen molar-refractivity contribution in [3.63, 3.8) is 0 Å². The molecule has 0 bridgehead atoms. The summed E-state index contributed by atoms with van der Waals surface area (Å²) >= 11 is 0. The van der Waals surface area contributed by atoms with Crippen LogP contribution < -0.4 is 11.5 Å². The first-order chi connectivity index (χ1) is 10.3. The van der Waals surface area contributed by atoms with Gasteiger partial charge in [-0.15, -0.1) is 0 Å². The molecule has 3 rings (SSSR count). The highest BCUT2D eigenvalue weighted by molar-refractivity contribution is 6.06. The van der Waals surface area contributed by atoms with Crippen molar-refractivity contribution in [3.8, 4) is 11.1 Å². The quantitative estimate of drug-likeness (QED) is 0.670. The van der Waals surface area contributed by atoms with Gasteiger partial charge in [-0.3, -0.25) is 0 Å². The Bertz CT molecular complexity index is 853. The van der Waals surface area contributed by atoms with Gasteiger partial charge in [-0.1, -0.05) is 12.1 Å². The number of rotatable bonds is 1. The number of nitrogens with zero attached hydrogens (tertiary/aromatic N) is 1. The summed E-state index contributed by atoms with van der Waals surface area (Å²) in [6.07, 6.45) is -3.80. The fourth-order valence-corrected chi connectivity index (χ4v) is 2.25. The van der Waals surface area contributed by atoms with Crippen LogP contribution in [-0.2, 0) is 6.18 Å². The third kappa shape index (κ3) is 2.12. The molecular weight excluding hydrogens is 302 g/mol. The first-order valence-electron chi connectivity index (χ1n) is 6.08. The molecule has 1 aromatic carbocycles. The highest BCUT2D eigenvalue weighted by atomic mass is 19.4. The number of anilines is 2. The Hall–Kier alpha value is -2.77. The lowest BCUT2D eigenvalue weighted by atomic mass is 9.99. The van der Waals surface area contributed by atoms with Crippen LogP contribution in [0.5, 0.6) is 0 Å². The van der Waals surface area contributed by atoms with Crippen molar-refractivity contribution in [1.82, 2.24) is 4.98 Å². The van der Waals surface area contributed by atoms with Gasteiger partial charge >= 0.3 is 6.18 Å². The maximum Gasteiger partial charge on any atom is 0.433 e. The Kier molecular flexibility index (Phi) is 2.98. The zero-order valence-corrected chi connectivity index (χ0v) is 10.9. The Labute approximate surface area is 121 Å². The molecule has 0 aliphatic carbocycles. The molecule has 0 saturated heterocycles. The molecule has 0 fully saturated rings. The maximum absolute atomic E-state index is 13.2. The van der Waals surface area contributed by atoms with E-state index >= 15 is 0 Å². The lowest BCUT2D eigenvalue weighted by molar-refractivity contribution is -0.140. The minimum absolute atomic E-state index is 0.00596. The van der Waals surface area contributed by atoms with Crippen molar-refractivity contribution in [1.29, 1.82) is 0 Å². The van der Waals surface area contributed by atoms with Gasteiger partial charge in [0.1, 0.15) is 11.5 Å². The van der Waals surface area contributed by atoms with Gasteiger partial charge in [-0.2, -0.15) is 13.2 Å². The number of pyridine rings is 1. The van der Waals surface area contributed by atoms with Crippen LogP contribution in [0, 0.1) is 5.82 Å². The lowest BCUT2D eigenvalue weighted by Gasteiger charge is -2.13. The number of nitrogens with two attached hydrogens (primary N) is 2. The summed E-state index contributed by atoms with van der Waals surface area (Å²) in [5, 5.41) is 0.00596. The highest BCUT2D eigenvalue weighted by Crippen LogP contribution is 2.44. The SMILES string of the molecule is Nc1oc2cnc(C(F)(F)F)c(-c3ccc(F)cc3)c2c1N. The molecule has 0 amide bonds. The van der Waals surface area contributed by atoms with Crippen LogP contribution in [0.2, 0.25) is 0 Å². The molecular formula is C14H9F4N3O. The minimum Gasteiger partial charge on any atom is -0.437 e. The van der Waals surface area contributed by atoms with E-state index in [1.54, 1.807) is 0 Å². The van der Waals surface area contributed by atoms with Crippen molar-refractivity contribution in [2.75, 3.05) is 11.5 Å². The molecule has 0 aliphatic heterocycles. The molecule has 0 spiro atoms. The predicted octanol–water partition coefficient (Wildman–Crippen LogP) is 3.82. The Morgan fingerprint density at radius 1 is 1.05 bits per heavy atom. The molecule has 0 unspecified atom stereocenters. The van der Waals surface area contributed by atoms with Gasteiger partial charge in [0.05, 0.1) is 11.6 Å². The van der Waals surface area contributed by atoms with Gasteiger partial charge in [-0.25, -0.2) is 9.37 Å². The van der Waals surface area contributed by atoms with E-state index in [-0.39, 0.29) is 33.7 Å². The van der Waals surface area contributed by atoms with E-state index in [0.717, 1.165) is 18.3 Å². The molecule has 4 N–H and O–H groups in total. The second kappa shape index (κ2) is 4.62. The molecule has 8 heteroatoms. The van der Waals surface area contributed by atoms with Crippen molar-refractivity contribution >= 4 is 22.5 Å². The number of furan rings is 1. The van der Waals surface area contributed by atoms with Crippen molar-refractivity contribution in [3.05, 3.63) is 42.0 Å². The van der Waals surface area contributed by atoms with Crippen LogP contribution in [0.25, 0.3) is 22.1 Å². The van der Waals surface area contributed by atoms with Crippen molar-refractivity contribution < 1.29 is 22.0 Å². The van der Waals surface area contributed by atoms with Gasteiger partial charge in [0, 0.05) is 5.56 Å². The molecule has 0 radical (unpaired) electrons. The standard InChI is InChI=1S/C14H9F4N3O/c15-7-3-1-6(2-4-7)9-10-8(22-13(20)11(10)19)5-21-12(9)14(16,17)18/h1-5H,19-20H2. The van der Waals surface area contributed by atoms with E-state index in [0.29, 0.717) is 0 Å². The van der Waals surface area contributed by atoms with Crippen LogP contribution in [0.3, 0.4) is 0 Å². The van der Waals surface area contributed by atoms with Crippen molar-refractivity contribution in [2.45, 2.75) is 6.18 Å². The monoisotopic (exact) mass is 311 g/mol. The zero-order valence-electron chi connectivity index (χ0n) is 10.9. The predicted molar refractivity (Wildman–Crippen MR) is 73.2 cm³/mol. The summed E-state index contributed by atoms with van der Waals surface area (Å²) in [6.45, 7) is 0. The van der Waals surface area contributed by atoms with Crippen LogP contribution in [-0.4, -0.2) is 4.98 Å². The Morgan fingerprint density at radius 2 is 1.68 bits per heavy atom. The number of nitrogen functional groups attached to an aromatic ring is 2. The summed E-state index contributed by atoms with van der Waals surface area (Å²) in [6, 6.07) is 4.52. The number of hydrogen-bond acceptors (Lipinski definition) is 4. The molecule has 22 heavy (non-hydrogen) atoms. The van der Waals surface area contributed by atoms with Crippen LogP contribution in [0.15, 0.2) is 34.9 Å². The van der Waals surface area contributed by atoms with Gasteiger partial charge < -0.3 is 15.9 Å². The van der Waals surface area contributed by atoms with Gasteiger partial charge in [0.15, 0.2) is 11.3 Å². The summed E-state index contributed by atoms with van der Waals surface area (Å²) < 4.78 is 57.9. The zero-order chi connectivity index (χ0) is 16.1. The summed E-state index contributed by atoms with van der Waals surface area (Å²) in [7, 11) is 0. The number of aromatic nitrogens is 1. The van der Waals surface area contributed by atoms with E-state index in [4.69, 9.17) is 15.9 Å². The fourth-order valence-electron chi connectivity index (χ4n) is 2.25. The van der Waals surface area contributed by atoms with Gasteiger partial charge in [-0.05, 0) is 17.7 Å². The van der Waals surface area contributed by atoms with Gasteiger partial charge in [0.2, 0.25) is 5.88 Å². The number of fused-ring (bicyclic) bond motifs is 1. The second-order valence-corrected chi connectivity index (χ2v) is 4.61. The second-order valence-electron chi connectivity index (χ2n) is 4.61. The molecule has 0 aliphatic rings. The summed E-state index contributed by atoms with van der Waals surface area (Å²) in [5.74, 6) is -0.767. The average molecular weight is 311 g/mol. The fraction of sp³-hybridized carbons (Fsp3) is 0.0714. The Balaban J connectivity index is 2.44. The van der Waals surface area contributed by atoms with E-state index in [9.17, 15) is 17.6 Å². The molecule has 2 heterocycles. The summed E-state index contributed by atoms with van der Waals surface area (Å²) in [5.41, 5.74) is 9.86. The molecule has 0 saturated carbocycles. The molecule has 114 valence electrons. The first kappa shape index (κ1) is 14.2. The normalized spacial score (nSPS) is 12.0. The number of benzene rings is 1. The van der Waals surface area contributed by atoms with E-state index in [2.05, 4.69) is 4.98 Å². The smallest absolute Gasteiger partial charge is 0.433 e. The van der Waals surface area contributed by atoms with Crippen LogP contribution in [0.1, 0.15) is 5.69 Å². The van der Waals surface area contributed by atoms with E-state index in [1.807, 2.05) is 0 Å². The largest absolute Gasteiger partial charge is 0.437 e. The first-order valence-corrected chi connectivity index (χ1v) is 6.08. The Morgan fingerprint density at radius 3 is 2.27 bits per heavy atom.